The highest BCUT2D eigenvalue weighted by Crippen LogP contribution is 2.19. The van der Waals surface area contributed by atoms with Gasteiger partial charge in [-0.1, -0.05) is 28.1 Å². The summed E-state index contributed by atoms with van der Waals surface area (Å²) in [5, 5.41) is 3.31. The first-order valence-electron chi connectivity index (χ1n) is 5.90. The van der Waals surface area contributed by atoms with E-state index in [2.05, 4.69) is 49.4 Å². The van der Waals surface area contributed by atoms with E-state index < -0.39 is 0 Å². The van der Waals surface area contributed by atoms with Crippen LogP contribution in [0.25, 0.3) is 0 Å². The van der Waals surface area contributed by atoms with E-state index in [-0.39, 0.29) is 6.04 Å². The van der Waals surface area contributed by atoms with Gasteiger partial charge in [-0.05, 0) is 44.2 Å². The summed E-state index contributed by atoms with van der Waals surface area (Å²) >= 11 is 3.50. The molecule has 0 aliphatic carbocycles. The Balaban J connectivity index is 2.19. The summed E-state index contributed by atoms with van der Waals surface area (Å²) in [6.07, 6.45) is 2.72. The van der Waals surface area contributed by atoms with Crippen molar-refractivity contribution >= 4 is 15.9 Å². The normalized spacial score (nSPS) is 12.4. The number of likely N-dealkylation sites (N-methyl/N-ethyl adjacent to an activating group) is 1. The maximum atomic E-state index is 4.48. The number of rotatable bonds is 4. The van der Waals surface area contributed by atoms with Gasteiger partial charge in [0.2, 0.25) is 0 Å². The van der Waals surface area contributed by atoms with Gasteiger partial charge in [0.25, 0.3) is 0 Å². The molecule has 1 unspecified atom stereocenters. The zero-order valence-corrected chi connectivity index (χ0v) is 12.1. The summed E-state index contributed by atoms with van der Waals surface area (Å²) < 4.78 is 1.11. The summed E-state index contributed by atoms with van der Waals surface area (Å²) in [5.41, 5.74) is 2.31. The van der Waals surface area contributed by atoms with E-state index >= 15 is 0 Å². The first kappa shape index (κ1) is 13.2. The predicted octanol–water partition coefficient (Wildman–Crippen LogP) is 3.05. The van der Waals surface area contributed by atoms with E-state index in [9.17, 15) is 0 Å². The van der Waals surface area contributed by atoms with Crippen LogP contribution in [0.2, 0.25) is 0 Å². The molecule has 1 N–H and O–H groups in total. The zero-order valence-electron chi connectivity index (χ0n) is 10.5. The molecule has 1 heterocycles. The first-order chi connectivity index (χ1) is 8.69. The minimum absolute atomic E-state index is 0.209. The van der Waals surface area contributed by atoms with Gasteiger partial charge in [-0.25, -0.2) is 9.97 Å². The van der Waals surface area contributed by atoms with Crippen molar-refractivity contribution in [1.82, 2.24) is 15.3 Å². The Kier molecular flexibility index (Phi) is 4.44. The van der Waals surface area contributed by atoms with Gasteiger partial charge < -0.3 is 5.32 Å². The Labute approximate surface area is 116 Å². The number of benzene rings is 1. The molecule has 0 spiro atoms. The average molecular weight is 306 g/mol. The molecule has 18 heavy (non-hydrogen) atoms. The van der Waals surface area contributed by atoms with Crippen LogP contribution in [0.15, 0.2) is 41.0 Å². The Hall–Kier alpha value is -1.26. The van der Waals surface area contributed by atoms with Crippen LogP contribution in [-0.4, -0.2) is 17.0 Å². The van der Waals surface area contributed by atoms with Crippen LogP contribution in [0.3, 0.4) is 0 Å². The van der Waals surface area contributed by atoms with Gasteiger partial charge in [-0.15, -0.1) is 0 Å². The average Bonchev–Trinajstić information content (AvgIpc) is 2.36. The van der Waals surface area contributed by atoms with E-state index in [0.717, 1.165) is 22.4 Å². The lowest BCUT2D eigenvalue weighted by molar-refractivity contribution is 0.572. The largest absolute Gasteiger partial charge is 0.311 e. The number of aryl methyl sites for hydroxylation is 1. The van der Waals surface area contributed by atoms with E-state index in [4.69, 9.17) is 0 Å². The summed E-state index contributed by atoms with van der Waals surface area (Å²) in [7, 11) is 1.96. The van der Waals surface area contributed by atoms with Crippen LogP contribution in [-0.2, 0) is 6.42 Å². The van der Waals surface area contributed by atoms with Crippen LogP contribution in [0.1, 0.15) is 23.1 Å². The Morgan fingerprint density at radius 2 is 2.17 bits per heavy atom. The van der Waals surface area contributed by atoms with Crippen molar-refractivity contribution in [3.63, 3.8) is 0 Å². The van der Waals surface area contributed by atoms with Gasteiger partial charge in [0, 0.05) is 10.7 Å². The molecule has 2 rings (SSSR count). The topological polar surface area (TPSA) is 37.8 Å². The van der Waals surface area contributed by atoms with Crippen LogP contribution in [0.4, 0.5) is 0 Å². The van der Waals surface area contributed by atoms with Crippen LogP contribution >= 0.6 is 15.9 Å². The molecule has 4 heteroatoms. The van der Waals surface area contributed by atoms with E-state index in [1.54, 1.807) is 0 Å². The van der Waals surface area contributed by atoms with Crippen molar-refractivity contribution < 1.29 is 0 Å². The van der Waals surface area contributed by atoms with E-state index in [0.29, 0.717) is 0 Å². The lowest BCUT2D eigenvalue weighted by atomic mass is 10.0. The third kappa shape index (κ3) is 3.37. The quantitative estimate of drug-likeness (QED) is 0.943. The third-order valence-corrected chi connectivity index (χ3v) is 3.33. The third-order valence-electron chi connectivity index (χ3n) is 2.83. The van der Waals surface area contributed by atoms with Gasteiger partial charge in [-0.3, -0.25) is 0 Å². The van der Waals surface area contributed by atoms with Crippen LogP contribution in [0, 0.1) is 6.92 Å². The van der Waals surface area contributed by atoms with Gasteiger partial charge in [0.1, 0.15) is 5.82 Å². The summed E-state index contributed by atoms with van der Waals surface area (Å²) in [5.74, 6) is 0.807. The van der Waals surface area contributed by atoms with Crippen molar-refractivity contribution in [3.8, 4) is 0 Å². The second kappa shape index (κ2) is 6.07. The van der Waals surface area contributed by atoms with E-state index in [1.807, 2.05) is 32.3 Å². The molecule has 2 aromatic rings. The first-order valence-corrected chi connectivity index (χ1v) is 6.69. The van der Waals surface area contributed by atoms with E-state index in [1.165, 1.54) is 5.56 Å². The fourth-order valence-corrected chi connectivity index (χ4v) is 2.37. The number of hydrogen-bond acceptors (Lipinski definition) is 3. The smallest absolute Gasteiger partial charge is 0.125 e. The highest BCUT2D eigenvalue weighted by Gasteiger charge is 2.12. The fraction of sp³-hybridized carbons (Fsp3) is 0.286. The molecule has 0 fully saturated rings. The maximum absolute atomic E-state index is 4.48. The van der Waals surface area contributed by atoms with Crippen molar-refractivity contribution in [2.24, 2.45) is 0 Å². The molecule has 0 amide bonds. The fourth-order valence-electron chi connectivity index (χ4n) is 1.92. The lowest BCUT2D eigenvalue weighted by Gasteiger charge is -2.16. The predicted molar refractivity (Wildman–Crippen MR) is 76.4 cm³/mol. The second-order valence-corrected chi connectivity index (χ2v) is 5.12. The second-order valence-electron chi connectivity index (χ2n) is 4.20. The molecule has 0 bridgehead atoms. The standard InChI is InChI=1S/C14H16BrN3/c1-10-17-7-6-13(18-10)14(16-2)9-11-4-3-5-12(15)8-11/h3-8,14,16H,9H2,1-2H3. The Bertz CT molecular complexity index is 528. The summed E-state index contributed by atoms with van der Waals surface area (Å²) in [6.45, 7) is 1.91. The van der Waals surface area contributed by atoms with Crippen molar-refractivity contribution in [2.75, 3.05) is 7.05 Å². The SMILES string of the molecule is CNC(Cc1cccc(Br)c1)c1ccnc(C)n1. The van der Waals surface area contributed by atoms with Crippen molar-refractivity contribution in [1.29, 1.82) is 0 Å². The number of nitrogens with one attached hydrogen (secondary N) is 1. The summed E-state index contributed by atoms with van der Waals surface area (Å²) in [4.78, 5) is 8.61. The van der Waals surface area contributed by atoms with Crippen molar-refractivity contribution in [2.45, 2.75) is 19.4 Å². The van der Waals surface area contributed by atoms with Crippen LogP contribution in [0.5, 0.6) is 0 Å². The Morgan fingerprint density at radius 1 is 1.33 bits per heavy atom. The molecule has 94 valence electrons. The number of halogens is 1. The number of aromatic nitrogens is 2. The molecule has 0 saturated carbocycles. The van der Waals surface area contributed by atoms with Gasteiger partial charge in [0.05, 0.1) is 11.7 Å². The molecular weight excluding hydrogens is 290 g/mol. The molecular formula is C14H16BrN3. The molecule has 0 radical (unpaired) electrons. The number of nitrogens with zero attached hydrogens (tertiary/aromatic N) is 2. The molecule has 3 nitrogen and oxygen atoms in total. The minimum atomic E-state index is 0.209. The maximum Gasteiger partial charge on any atom is 0.125 e. The lowest BCUT2D eigenvalue weighted by Crippen LogP contribution is -2.20. The van der Waals surface area contributed by atoms with Crippen molar-refractivity contribution in [3.05, 3.63) is 58.1 Å². The van der Waals surface area contributed by atoms with Gasteiger partial charge >= 0.3 is 0 Å². The highest BCUT2D eigenvalue weighted by molar-refractivity contribution is 9.10. The Morgan fingerprint density at radius 3 is 2.83 bits per heavy atom. The number of hydrogen-bond donors (Lipinski definition) is 1. The monoisotopic (exact) mass is 305 g/mol. The summed E-state index contributed by atoms with van der Waals surface area (Å²) in [6, 6.07) is 10.5. The molecule has 0 aliphatic heterocycles. The van der Waals surface area contributed by atoms with Gasteiger partial charge in [0.15, 0.2) is 0 Å². The van der Waals surface area contributed by atoms with Crippen LogP contribution < -0.4 is 5.32 Å². The highest BCUT2D eigenvalue weighted by atomic mass is 79.9. The minimum Gasteiger partial charge on any atom is -0.311 e. The molecule has 1 atom stereocenters. The molecule has 1 aromatic heterocycles. The molecule has 1 aromatic carbocycles. The zero-order chi connectivity index (χ0) is 13.0. The molecule has 0 aliphatic rings. The molecule has 0 saturated heterocycles. The van der Waals surface area contributed by atoms with Gasteiger partial charge in [-0.2, -0.15) is 0 Å².